The zero-order valence-electron chi connectivity index (χ0n) is 8.71. The van der Waals surface area contributed by atoms with Gasteiger partial charge in [0.05, 0.1) is 0 Å². The molecule has 1 amide bonds. The molecule has 0 spiro atoms. The van der Waals surface area contributed by atoms with Gasteiger partial charge < -0.3 is 10.1 Å². The Hall–Kier alpha value is -0.570. The first-order chi connectivity index (χ1) is 6.27. The van der Waals surface area contributed by atoms with Crippen LogP contribution in [0.5, 0.6) is 0 Å². The molecular weight excluding hydrogens is 166 g/mol. The summed E-state index contributed by atoms with van der Waals surface area (Å²) in [4.78, 5) is 9.86. The predicted molar refractivity (Wildman–Crippen MR) is 53.6 cm³/mol. The third kappa shape index (κ3) is 11.4. The van der Waals surface area contributed by atoms with Gasteiger partial charge in [-0.25, -0.2) is 0 Å². The van der Waals surface area contributed by atoms with Crippen LogP contribution in [-0.4, -0.2) is 26.2 Å². The molecule has 3 heteroatoms. The summed E-state index contributed by atoms with van der Waals surface area (Å²) in [6.45, 7) is 6.74. The molecule has 1 N–H and O–H groups in total. The van der Waals surface area contributed by atoms with Gasteiger partial charge in [0, 0.05) is 19.8 Å². The third-order valence-electron chi connectivity index (χ3n) is 1.76. The van der Waals surface area contributed by atoms with Gasteiger partial charge in [-0.1, -0.05) is 13.8 Å². The van der Waals surface area contributed by atoms with Crippen molar-refractivity contribution in [1.82, 2.24) is 5.32 Å². The number of hydrogen-bond donors (Lipinski definition) is 1. The van der Waals surface area contributed by atoms with Crippen molar-refractivity contribution in [2.75, 3.05) is 19.8 Å². The summed E-state index contributed by atoms with van der Waals surface area (Å²) in [5.41, 5.74) is 0. The van der Waals surface area contributed by atoms with Crippen LogP contribution in [0.15, 0.2) is 0 Å². The van der Waals surface area contributed by atoms with Gasteiger partial charge >= 0.3 is 0 Å². The van der Waals surface area contributed by atoms with Crippen molar-refractivity contribution >= 4 is 6.41 Å². The van der Waals surface area contributed by atoms with Crippen LogP contribution < -0.4 is 5.32 Å². The number of carbonyl (C=O) groups is 1. The maximum absolute atomic E-state index is 9.86. The van der Waals surface area contributed by atoms with E-state index in [-0.39, 0.29) is 0 Å². The van der Waals surface area contributed by atoms with Crippen LogP contribution in [0.1, 0.15) is 33.1 Å². The number of amides is 1. The molecule has 0 aliphatic carbocycles. The Labute approximate surface area is 80.8 Å². The Morgan fingerprint density at radius 1 is 1.31 bits per heavy atom. The molecule has 0 aromatic rings. The van der Waals surface area contributed by atoms with E-state index < -0.39 is 0 Å². The Kier molecular flexibility index (Phi) is 9.10. The van der Waals surface area contributed by atoms with Crippen molar-refractivity contribution in [1.29, 1.82) is 0 Å². The molecule has 13 heavy (non-hydrogen) atoms. The number of nitrogens with one attached hydrogen (secondary N) is 1. The van der Waals surface area contributed by atoms with Crippen molar-refractivity contribution < 1.29 is 9.53 Å². The molecule has 0 bridgehead atoms. The molecule has 0 aromatic heterocycles. The van der Waals surface area contributed by atoms with Crippen LogP contribution in [0.4, 0.5) is 0 Å². The summed E-state index contributed by atoms with van der Waals surface area (Å²) < 4.78 is 5.37. The van der Waals surface area contributed by atoms with Crippen molar-refractivity contribution in [3.63, 3.8) is 0 Å². The van der Waals surface area contributed by atoms with Gasteiger partial charge in [-0.05, 0) is 25.2 Å². The summed E-state index contributed by atoms with van der Waals surface area (Å²) in [5, 5.41) is 2.60. The van der Waals surface area contributed by atoms with E-state index in [1.54, 1.807) is 0 Å². The fourth-order valence-electron chi connectivity index (χ4n) is 1.03. The molecule has 0 radical (unpaired) electrons. The highest BCUT2D eigenvalue weighted by atomic mass is 16.5. The molecule has 0 fully saturated rings. The molecule has 78 valence electrons. The molecule has 0 aliphatic heterocycles. The summed E-state index contributed by atoms with van der Waals surface area (Å²) in [5.74, 6) is 0.764. The minimum absolute atomic E-state index is 0.716. The van der Waals surface area contributed by atoms with Gasteiger partial charge in [0.15, 0.2) is 0 Å². The average Bonchev–Trinajstić information content (AvgIpc) is 2.09. The maximum Gasteiger partial charge on any atom is 0.207 e. The van der Waals surface area contributed by atoms with E-state index in [1.807, 2.05) is 0 Å². The summed E-state index contributed by atoms with van der Waals surface area (Å²) in [6, 6.07) is 0. The summed E-state index contributed by atoms with van der Waals surface area (Å²) >= 11 is 0. The standard InChI is InChI=1S/C10H21NO2/c1-10(2)5-3-7-13-8-4-6-11-9-12/h9-10H,3-8H2,1-2H3,(H,11,12). The van der Waals surface area contributed by atoms with Gasteiger partial charge in [0.2, 0.25) is 6.41 Å². The van der Waals surface area contributed by atoms with Crippen molar-refractivity contribution in [2.45, 2.75) is 33.1 Å². The number of carbonyl (C=O) groups excluding carboxylic acids is 1. The average molecular weight is 187 g/mol. The highest BCUT2D eigenvalue weighted by Crippen LogP contribution is 2.02. The minimum atomic E-state index is 0.716. The quantitative estimate of drug-likeness (QED) is 0.439. The molecule has 3 nitrogen and oxygen atoms in total. The van der Waals surface area contributed by atoms with Crippen LogP contribution in [-0.2, 0) is 9.53 Å². The first-order valence-electron chi connectivity index (χ1n) is 5.02. The molecule has 0 aliphatic rings. The van der Waals surface area contributed by atoms with E-state index in [1.165, 1.54) is 6.42 Å². The largest absolute Gasteiger partial charge is 0.381 e. The molecule has 0 saturated heterocycles. The van der Waals surface area contributed by atoms with Crippen LogP contribution >= 0.6 is 0 Å². The number of rotatable bonds is 9. The molecule has 0 saturated carbocycles. The lowest BCUT2D eigenvalue weighted by Gasteiger charge is -2.05. The van der Waals surface area contributed by atoms with Crippen molar-refractivity contribution in [3.05, 3.63) is 0 Å². The first kappa shape index (κ1) is 12.4. The van der Waals surface area contributed by atoms with E-state index >= 15 is 0 Å². The fraction of sp³-hybridized carbons (Fsp3) is 0.900. The fourth-order valence-corrected chi connectivity index (χ4v) is 1.03. The monoisotopic (exact) mass is 187 g/mol. The number of ether oxygens (including phenoxy) is 1. The molecule has 0 unspecified atom stereocenters. The zero-order valence-corrected chi connectivity index (χ0v) is 8.71. The smallest absolute Gasteiger partial charge is 0.207 e. The lowest BCUT2D eigenvalue weighted by atomic mass is 10.1. The molecule has 0 heterocycles. The SMILES string of the molecule is CC(C)CCCOCCCNC=O. The first-order valence-corrected chi connectivity index (χ1v) is 5.02. The molecule has 0 rings (SSSR count). The van der Waals surface area contributed by atoms with Gasteiger partial charge in [0.25, 0.3) is 0 Å². The predicted octanol–water partition coefficient (Wildman–Crippen LogP) is 1.58. The van der Waals surface area contributed by atoms with E-state index in [0.29, 0.717) is 6.54 Å². The van der Waals surface area contributed by atoms with E-state index in [9.17, 15) is 4.79 Å². The molecule has 0 aromatic carbocycles. The van der Waals surface area contributed by atoms with Crippen molar-refractivity contribution in [3.8, 4) is 0 Å². The van der Waals surface area contributed by atoms with E-state index in [4.69, 9.17) is 4.74 Å². The van der Waals surface area contributed by atoms with E-state index in [2.05, 4.69) is 19.2 Å². The van der Waals surface area contributed by atoms with Crippen LogP contribution in [0.25, 0.3) is 0 Å². The van der Waals surface area contributed by atoms with Crippen molar-refractivity contribution in [2.24, 2.45) is 5.92 Å². The Morgan fingerprint density at radius 3 is 2.62 bits per heavy atom. The van der Waals surface area contributed by atoms with Gasteiger partial charge in [-0.2, -0.15) is 0 Å². The second kappa shape index (κ2) is 9.52. The highest BCUT2D eigenvalue weighted by molar-refractivity contribution is 5.45. The number of hydrogen-bond acceptors (Lipinski definition) is 2. The maximum atomic E-state index is 9.86. The topological polar surface area (TPSA) is 38.3 Å². The second-order valence-electron chi connectivity index (χ2n) is 3.57. The normalized spacial score (nSPS) is 10.4. The summed E-state index contributed by atoms with van der Waals surface area (Å²) in [7, 11) is 0. The Bertz CT molecular complexity index is 115. The van der Waals surface area contributed by atoms with Crippen LogP contribution in [0.2, 0.25) is 0 Å². The van der Waals surface area contributed by atoms with Gasteiger partial charge in [-0.3, -0.25) is 4.79 Å². The van der Waals surface area contributed by atoms with Gasteiger partial charge in [0.1, 0.15) is 0 Å². The highest BCUT2D eigenvalue weighted by Gasteiger charge is 1.93. The second-order valence-corrected chi connectivity index (χ2v) is 3.57. The minimum Gasteiger partial charge on any atom is -0.381 e. The lowest BCUT2D eigenvalue weighted by molar-refractivity contribution is -0.109. The molecule has 0 atom stereocenters. The molecular formula is C10H21NO2. The third-order valence-corrected chi connectivity index (χ3v) is 1.76. The van der Waals surface area contributed by atoms with Crippen LogP contribution in [0.3, 0.4) is 0 Å². The van der Waals surface area contributed by atoms with E-state index in [0.717, 1.165) is 38.4 Å². The Morgan fingerprint density at radius 2 is 2.00 bits per heavy atom. The Balaban J connectivity index is 2.87. The van der Waals surface area contributed by atoms with Gasteiger partial charge in [-0.15, -0.1) is 0 Å². The summed E-state index contributed by atoms with van der Waals surface area (Å²) in [6.07, 6.45) is 3.99. The zero-order chi connectivity index (χ0) is 9.94. The van der Waals surface area contributed by atoms with Crippen LogP contribution in [0, 0.1) is 5.92 Å². The lowest BCUT2D eigenvalue weighted by Crippen LogP contribution is -2.14.